The van der Waals surface area contributed by atoms with Crippen molar-refractivity contribution >= 4 is 23.4 Å². The van der Waals surface area contributed by atoms with Gasteiger partial charge in [-0.15, -0.1) is 0 Å². The standard InChI is InChI=1S/C14H20N2OS/c1-10-13(3-2-8-18-10)16-12-6-4-11(5-7-12)9-14(15)17/h4-7,10,13,16H,2-3,8-9H2,1H3,(H2,15,17). The summed E-state index contributed by atoms with van der Waals surface area (Å²) in [5, 5.41) is 4.23. The zero-order chi connectivity index (χ0) is 13.0. The van der Waals surface area contributed by atoms with Crippen molar-refractivity contribution in [2.75, 3.05) is 11.1 Å². The smallest absolute Gasteiger partial charge is 0.221 e. The summed E-state index contributed by atoms with van der Waals surface area (Å²) in [6.07, 6.45) is 2.83. The Bertz CT molecular complexity index is 405. The van der Waals surface area contributed by atoms with Gasteiger partial charge in [0.05, 0.1) is 6.42 Å². The fourth-order valence-electron chi connectivity index (χ4n) is 2.25. The zero-order valence-corrected chi connectivity index (χ0v) is 11.5. The number of carbonyl (C=O) groups is 1. The van der Waals surface area contributed by atoms with Crippen molar-refractivity contribution in [2.24, 2.45) is 5.73 Å². The summed E-state index contributed by atoms with van der Waals surface area (Å²) in [5.41, 5.74) is 7.27. The Morgan fingerprint density at radius 3 is 2.78 bits per heavy atom. The van der Waals surface area contributed by atoms with Crippen LogP contribution in [0.25, 0.3) is 0 Å². The molecular weight excluding hydrogens is 244 g/mol. The first-order chi connectivity index (χ1) is 8.65. The number of anilines is 1. The van der Waals surface area contributed by atoms with Gasteiger partial charge in [-0.25, -0.2) is 0 Å². The number of rotatable bonds is 4. The third-order valence-electron chi connectivity index (χ3n) is 3.29. The zero-order valence-electron chi connectivity index (χ0n) is 10.7. The van der Waals surface area contributed by atoms with Gasteiger partial charge >= 0.3 is 0 Å². The number of amides is 1. The largest absolute Gasteiger partial charge is 0.381 e. The minimum Gasteiger partial charge on any atom is -0.381 e. The minimum atomic E-state index is -0.284. The van der Waals surface area contributed by atoms with E-state index in [1.54, 1.807) is 0 Å². The number of nitrogens with one attached hydrogen (secondary N) is 1. The Hall–Kier alpha value is -1.16. The van der Waals surface area contributed by atoms with E-state index in [-0.39, 0.29) is 5.91 Å². The average molecular weight is 264 g/mol. The second kappa shape index (κ2) is 6.14. The van der Waals surface area contributed by atoms with Crippen LogP contribution in [0.3, 0.4) is 0 Å². The van der Waals surface area contributed by atoms with E-state index >= 15 is 0 Å². The molecule has 1 fully saturated rings. The highest BCUT2D eigenvalue weighted by atomic mass is 32.2. The molecule has 1 aromatic carbocycles. The van der Waals surface area contributed by atoms with Gasteiger partial charge in [0.15, 0.2) is 0 Å². The molecule has 0 spiro atoms. The highest BCUT2D eigenvalue weighted by molar-refractivity contribution is 8.00. The molecule has 2 rings (SSSR count). The van der Waals surface area contributed by atoms with Crippen molar-refractivity contribution < 1.29 is 4.79 Å². The van der Waals surface area contributed by atoms with Crippen molar-refractivity contribution in [1.82, 2.24) is 0 Å². The summed E-state index contributed by atoms with van der Waals surface area (Å²) in [4.78, 5) is 10.8. The summed E-state index contributed by atoms with van der Waals surface area (Å²) < 4.78 is 0. The molecule has 0 bridgehead atoms. The lowest BCUT2D eigenvalue weighted by atomic mass is 10.1. The van der Waals surface area contributed by atoms with Crippen molar-refractivity contribution in [3.63, 3.8) is 0 Å². The van der Waals surface area contributed by atoms with Gasteiger partial charge in [-0.05, 0) is 36.3 Å². The highest BCUT2D eigenvalue weighted by Gasteiger charge is 2.21. The number of hydrogen-bond donors (Lipinski definition) is 2. The monoisotopic (exact) mass is 264 g/mol. The van der Waals surface area contributed by atoms with Gasteiger partial charge in [-0.1, -0.05) is 19.1 Å². The van der Waals surface area contributed by atoms with Crippen molar-refractivity contribution in [3.8, 4) is 0 Å². The maximum Gasteiger partial charge on any atom is 0.221 e. The van der Waals surface area contributed by atoms with Crippen LogP contribution < -0.4 is 11.1 Å². The van der Waals surface area contributed by atoms with Crippen LogP contribution in [0.4, 0.5) is 5.69 Å². The molecule has 98 valence electrons. The fraction of sp³-hybridized carbons (Fsp3) is 0.500. The van der Waals surface area contributed by atoms with Crippen LogP contribution in [0.15, 0.2) is 24.3 Å². The lowest BCUT2D eigenvalue weighted by Gasteiger charge is -2.30. The molecule has 0 radical (unpaired) electrons. The summed E-state index contributed by atoms with van der Waals surface area (Å²) in [5.74, 6) is 0.990. The number of benzene rings is 1. The van der Waals surface area contributed by atoms with Gasteiger partial charge in [0.2, 0.25) is 5.91 Å². The molecule has 1 heterocycles. The van der Waals surface area contributed by atoms with E-state index in [1.807, 2.05) is 36.0 Å². The first-order valence-corrected chi connectivity index (χ1v) is 7.45. The van der Waals surface area contributed by atoms with Crippen LogP contribution in [-0.4, -0.2) is 23.0 Å². The molecule has 0 aromatic heterocycles. The van der Waals surface area contributed by atoms with Gasteiger partial charge in [0, 0.05) is 17.0 Å². The topological polar surface area (TPSA) is 55.1 Å². The molecule has 1 aliphatic heterocycles. The molecule has 3 N–H and O–H groups in total. The number of nitrogens with two attached hydrogens (primary N) is 1. The Balaban J connectivity index is 1.95. The minimum absolute atomic E-state index is 0.284. The molecule has 1 amide bonds. The van der Waals surface area contributed by atoms with Gasteiger partial charge in [-0.2, -0.15) is 11.8 Å². The molecule has 3 nitrogen and oxygen atoms in total. The number of hydrogen-bond acceptors (Lipinski definition) is 3. The Morgan fingerprint density at radius 1 is 1.44 bits per heavy atom. The second-order valence-electron chi connectivity index (χ2n) is 4.81. The van der Waals surface area contributed by atoms with Crippen LogP contribution in [0.2, 0.25) is 0 Å². The van der Waals surface area contributed by atoms with E-state index in [9.17, 15) is 4.79 Å². The highest BCUT2D eigenvalue weighted by Crippen LogP contribution is 2.27. The molecule has 2 unspecified atom stereocenters. The van der Waals surface area contributed by atoms with Crippen LogP contribution in [0, 0.1) is 0 Å². The molecule has 0 aliphatic carbocycles. The Morgan fingerprint density at radius 2 is 2.17 bits per heavy atom. The van der Waals surface area contributed by atoms with Crippen LogP contribution in [0.5, 0.6) is 0 Å². The van der Waals surface area contributed by atoms with Crippen molar-refractivity contribution in [3.05, 3.63) is 29.8 Å². The van der Waals surface area contributed by atoms with Crippen LogP contribution in [0.1, 0.15) is 25.3 Å². The average Bonchev–Trinajstić information content (AvgIpc) is 2.34. The normalized spacial score (nSPS) is 23.6. The number of primary amides is 1. The van der Waals surface area contributed by atoms with Gasteiger partial charge < -0.3 is 11.1 Å². The lowest BCUT2D eigenvalue weighted by molar-refractivity contribution is -0.117. The van der Waals surface area contributed by atoms with Crippen molar-refractivity contribution in [1.29, 1.82) is 0 Å². The SMILES string of the molecule is CC1SCCCC1Nc1ccc(CC(N)=O)cc1. The summed E-state index contributed by atoms with van der Waals surface area (Å²) in [7, 11) is 0. The summed E-state index contributed by atoms with van der Waals surface area (Å²) in [6, 6.07) is 8.54. The van der Waals surface area contributed by atoms with E-state index in [0.717, 1.165) is 11.3 Å². The molecule has 18 heavy (non-hydrogen) atoms. The van der Waals surface area contributed by atoms with E-state index in [4.69, 9.17) is 5.73 Å². The molecule has 4 heteroatoms. The molecule has 0 saturated carbocycles. The van der Waals surface area contributed by atoms with Crippen LogP contribution >= 0.6 is 11.8 Å². The van der Waals surface area contributed by atoms with Gasteiger partial charge in [-0.3, -0.25) is 4.79 Å². The maximum absolute atomic E-state index is 10.8. The predicted octanol–water partition coefficient (Wildman–Crippen LogP) is 2.41. The van der Waals surface area contributed by atoms with E-state index in [2.05, 4.69) is 12.2 Å². The fourth-order valence-corrected chi connectivity index (χ4v) is 3.39. The van der Waals surface area contributed by atoms with Gasteiger partial charge in [0.25, 0.3) is 0 Å². The molecule has 1 aliphatic rings. The maximum atomic E-state index is 10.8. The summed E-state index contributed by atoms with van der Waals surface area (Å²) >= 11 is 2.03. The third-order valence-corrected chi connectivity index (χ3v) is 4.67. The molecule has 1 saturated heterocycles. The quantitative estimate of drug-likeness (QED) is 0.878. The van der Waals surface area contributed by atoms with E-state index in [1.165, 1.54) is 18.6 Å². The number of thioether (sulfide) groups is 1. The molecular formula is C14H20N2OS. The number of carbonyl (C=O) groups excluding carboxylic acids is 1. The van der Waals surface area contributed by atoms with E-state index in [0.29, 0.717) is 17.7 Å². The predicted molar refractivity (Wildman–Crippen MR) is 77.9 cm³/mol. The Labute approximate surface area is 113 Å². The van der Waals surface area contributed by atoms with Gasteiger partial charge in [0.1, 0.15) is 0 Å². The van der Waals surface area contributed by atoms with Crippen LogP contribution in [-0.2, 0) is 11.2 Å². The summed E-state index contributed by atoms with van der Waals surface area (Å²) in [6.45, 7) is 2.28. The molecule has 2 atom stereocenters. The first kappa shape index (κ1) is 13.3. The molecule has 1 aromatic rings. The first-order valence-electron chi connectivity index (χ1n) is 6.40. The second-order valence-corrected chi connectivity index (χ2v) is 6.29. The van der Waals surface area contributed by atoms with Crippen molar-refractivity contribution in [2.45, 2.75) is 37.5 Å². The lowest BCUT2D eigenvalue weighted by Crippen LogP contribution is -2.32. The third kappa shape index (κ3) is 3.67. The van der Waals surface area contributed by atoms with E-state index < -0.39 is 0 Å². The Kier molecular flexibility index (Phi) is 4.53.